The molecule has 1 heterocycles. The van der Waals surface area contributed by atoms with Crippen LogP contribution in [-0.4, -0.2) is 14.7 Å². The highest BCUT2D eigenvalue weighted by Crippen LogP contribution is 2.25. The Morgan fingerprint density at radius 1 is 1.22 bits per heavy atom. The van der Waals surface area contributed by atoms with Crippen LogP contribution in [0.5, 0.6) is 5.75 Å². The first-order valence-corrected chi connectivity index (χ1v) is 7.41. The van der Waals surface area contributed by atoms with Gasteiger partial charge in [0.05, 0.1) is 11.9 Å². The maximum absolute atomic E-state index is 13.0. The molecule has 3 rings (SSSR count). The molecule has 6 heteroatoms. The van der Waals surface area contributed by atoms with Crippen LogP contribution in [0.3, 0.4) is 0 Å². The minimum Gasteiger partial charge on any atom is -0.508 e. The van der Waals surface area contributed by atoms with Crippen LogP contribution >= 0.6 is 11.6 Å². The molecule has 23 heavy (non-hydrogen) atoms. The molecule has 0 amide bonds. The number of hydrogen-bond donors (Lipinski definition) is 2. The van der Waals surface area contributed by atoms with Crippen LogP contribution in [-0.2, 0) is 13.6 Å². The van der Waals surface area contributed by atoms with Crippen LogP contribution in [0, 0.1) is 5.82 Å². The van der Waals surface area contributed by atoms with E-state index in [1.165, 1.54) is 12.1 Å². The van der Waals surface area contributed by atoms with E-state index in [0.717, 1.165) is 11.3 Å². The molecule has 0 saturated carbocycles. The van der Waals surface area contributed by atoms with Crippen molar-refractivity contribution in [2.45, 2.75) is 6.54 Å². The van der Waals surface area contributed by atoms with Crippen molar-refractivity contribution >= 4 is 17.5 Å². The molecule has 0 atom stereocenters. The molecule has 2 aromatic carbocycles. The largest absolute Gasteiger partial charge is 0.508 e. The molecule has 0 aliphatic carbocycles. The van der Waals surface area contributed by atoms with Gasteiger partial charge in [0.15, 0.2) is 0 Å². The molecule has 2 N–H and O–H groups in total. The van der Waals surface area contributed by atoms with E-state index < -0.39 is 0 Å². The number of aromatic hydroxyl groups is 1. The van der Waals surface area contributed by atoms with Crippen molar-refractivity contribution in [2.24, 2.45) is 7.05 Å². The van der Waals surface area contributed by atoms with E-state index >= 15 is 0 Å². The summed E-state index contributed by atoms with van der Waals surface area (Å²) in [5.74, 6) is 0.546. The number of halogens is 2. The summed E-state index contributed by atoms with van der Waals surface area (Å²) < 4.78 is 14.9. The molecular weight excluding hydrogens is 317 g/mol. The van der Waals surface area contributed by atoms with Crippen LogP contribution in [0.15, 0.2) is 48.7 Å². The van der Waals surface area contributed by atoms with Crippen molar-refractivity contribution in [3.63, 3.8) is 0 Å². The van der Waals surface area contributed by atoms with Gasteiger partial charge < -0.3 is 15.0 Å². The monoisotopic (exact) mass is 331 g/mol. The number of aromatic nitrogens is 2. The molecule has 1 aromatic heterocycles. The van der Waals surface area contributed by atoms with Gasteiger partial charge in [0.2, 0.25) is 5.95 Å². The Hall–Kier alpha value is -2.53. The van der Waals surface area contributed by atoms with E-state index in [-0.39, 0.29) is 11.6 Å². The minimum absolute atomic E-state index is 0.176. The number of phenolic OH excluding ortho intramolecular Hbond substituents is 1. The van der Waals surface area contributed by atoms with Crippen LogP contribution in [0.2, 0.25) is 5.02 Å². The van der Waals surface area contributed by atoms with Gasteiger partial charge in [-0.25, -0.2) is 9.37 Å². The average Bonchev–Trinajstić information content (AvgIpc) is 2.90. The lowest BCUT2D eigenvalue weighted by Gasteiger charge is -2.10. The van der Waals surface area contributed by atoms with Crippen molar-refractivity contribution < 1.29 is 9.50 Å². The maximum atomic E-state index is 13.0. The Balaban J connectivity index is 1.79. The Bertz CT molecular complexity index is 830. The van der Waals surface area contributed by atoms with Gasteiger partial charge in [-0.3, -0.25) is 0 Å². The summed E-state index contributed by atoms with van der Waals surface area (Å²) in [6.07, 6.45) is 1.72. The molecule has 0 bridgehead atoms. The van der Waals surface area contributed by atoms with Crippen molar-refractivity contribution in [3.8, 4) is 17.0 Å². The van der Waals surface area contributed by atoms with Crippen molar-refractivity contribution in [1.29, 1.82) is 0 Å². The normalized spacial score (nSPS) is 10.7. The summed E-state index contributed by atoms with van der Waals surface area (Å²) in [5, 5.41) is 13.5. The Kier molecular flexibility index (Phi) is 4.21. The molecular formula is C17H15ClFN3O. The van der Waals surface area contributed by atoms with Crippen LogP contribution in [0.25, 0.3) is 11.3 Å². The highest BCUT2D eigenvalue weighted by Gasteiger charge is 2.09. The highest BCUT2D eigenvalue weighted by molar-refractivity contribution is 6.30. The summed E-state index contributed by atoms with van der Waals surface area (Å²) in [4.78, 5) is 4.33. The van der Waals surface area contributed by atoms with Gasteiger partial charge in [-0.15, -0.1) is 0 Å². The summed E-state index contributed by atoms with van der Waals surface area (Å²) >= 11 is 5.94. The number of benzene rings is 2. The Morgan fingerprint density at radius 3 is 2.70 bits per heavy atom. The van der Waals surface area contributed by atoms with Gasteiger partial charge in [-0.05, 0) is 42.5 Å². The zero-order valence-electron chi connectivity index (χ0n) is 12.4. The second-order valence-electron chi connectivity index (χ2n) is 5.16. The number of imidazole rings is 1. The first kappa shape index (κ1) is 15.4. The van der Waals surface area contributed by atoms with Gasteiger partial charge in [-0.1, -0.05) is 11.6 Å². The number of hydrogen-bond acceptors (Lipinski definition) is 3. The molecule has 0 fully saturated rings. The predicted octanol–water partition coefficient (Wildman–Crippen LogP) is 4.20. The van der Waals surface area contributed by atoms with Crippen molar-refractivity contribution in [2.75, 3.05) is 5.32 Å². The number of nitrogens with one attached hydrogen (secondary N) is 1. The third-order valence-electron chi connectivity index (χ3n) is 3.61. The standard InChI is InChI=1S/C17H15ClFN3O/c1-22-15(11-2-5-14(19)6-3-11)10-21-17(22)20-9-12-8-13(18)4-7-16(12)23/h2-8,10,23H,9H2,1H3,(H,20,21). The molecule has 3 aromatic rings. The SMILES string of the molecule is Cn1c(-c2ccc(F)cc2)cnc1NCc1cc(Cl)ccc1O. The first-order valence-electron chi connectivity index (χ1n) is 7.03. The highest BCUT2D eigenvalue weighted by atomic mass is 35.5. The molecule has 0 spiro atoms. The number of rotatable bonds is 4. The molecule has 118 valence electrons. The van der Waals surface area contributed by atoms with E-state index in [2.05, 4.69) is 10.3 Å². The molecule has 0 aliphatic heterocycles. The van der Waals surface area contributed by atoms with Crippen molar-refractivity contribution in [3.05, 3.63) is 65.1 Å². The van der Waals surface area contributed by atoms with Gasteiger partial charge in [0, 0.05) is 29.7 Å². The minimum atomic E-state index is -0.273. The van der Waals surface area contributed by atoms with Gasteiger partial charge in [-0.2, -0.15) is 0 Å². The van der Waals surface area contributed by atoms with Gasteiger partial charge in [0.1, 0.15) is 11.6 Å². The Morgan fingerprint density at radius 2 is 1.96 bits per heavy atom. The third-order valence-corrected chi connectivity index (χ3v) is 3.84. The van der Waals surface area contributed by atoms with E-state index in [4.69, 9.17) is 11.6 Å². The molecule has 0 radical (unpaired) electrons. The van der Waals surface area contributed by atoms with Crippen molar-refractivity contribution in [1.82, 2.24) is 9.55 Å². The van der Waals surface area contributed by atoms with E-state index in [0.29, 0.717) is 23.1 Å². The summed E-state index contributed by atoms with van der Waals surface area (Å²) in [7, 11) is 1.87. The second-order valence-corrected chi connectivity index (χ2v) is 5.60. The summed E-state index contributed by atoms with van der Waals surface area (Å²) in [5.41, 5.74) is 2.42. The van der Waals surface area contributed by atoms with E-state index in [1.807, 2.05) is 11.6 Å². The fourth-order valence-corrected chi connectivity index (χ4v) is 2.53. The Labute approximate surface area is 138 Å². The quantitative estimate of drug-likeness (QED) is 0.753. The predicted molar refractivity (Wildman–Crippen MR) is 89.0 cm³/mol. The third kappa shape index (κ3) is 3.29. The van der Waals surface area contributed by atoms with Crippen LogP contribution in [0.4, 0.5) is 10.3 Å². The molecule has 0 aliphatic rings. The van der Waals surface area contributed by atoms with Crippen LogP contribution in [0.1, 0.15) is 5.56 Å². The van der Waals surface area contributed by atoms with E-state index in [1.54, 1.807) is 36.5 Å². The zero-order valence-corrected chi connectivity index (χ0v) is 13.2. The first-order chi connectivity index (χ1) is 11.0. The van der Waals surface area contributed by atoms with E-state index in [9.17, 15) is 9.50 Å². The fourth-order valence-electron chi connectivity index (χ4n) is 2.33. The topological polar surface area (TPSA) is 50.1 Å². The lowest BCUT2D eigenvalue weighted by molar-refractivity contribution is 0.469. The average molecular weight is 332 g/mol. The zero-order chi connectivity index (χ0) is 16.4. The van der Waals surface area contributed by atoms with Gasteiger partial charge in [0.25, 0.3) is 0 Å². The molecule has 4 nitrogen and oxygen atoms in total. The summed E-state index contributed by atoms with van der Waals surface area (Å²) in [6, 6.07) is 11.1. The fraction of sp³-hybridized carbons (Fsp3) is 0.118. The second kappa shape index (κ2) is 6.30. The smallest absolute Gasteiger partial charge is 0.203 e. The molecule has 0 saturated heterocycles. The maximum Gasteiger partial charge on any atom is 0.203 e. The van der Waals surface area contributed by atoms with Crippen LogP contribution < -0.4 is 5.32 Å². The lowest BCUT2D eigenvalue weighted by atomic mass is 10.2. The van der Waals surface area contributed by atoms with Gasteiger partial charge >= 0.3 is 0 Å². The number of anilines is 1. The number of nitrogens with zero attached hydrogens (tertiary/aromatic N) is 2. The number of phenols is 1. The lowest BCUT2D eigenvalue weighted by Crippen LogP contribution is -2.06. The molecule has 0 unspecified atom stereocenters. The summed E-state index contributed by atoms with van der Waals surface area (Å²) in [6.45, 7) is 0.389.